The number of carbonyl (C=O) groups excluding carboxylic acids is 4. The molecular formula is C31H48N4O5. The number of hydrogen-bond donors (Lipinski definition) is 2. The van der Waals surface area contributed by atoms with E-state index in [1.54, 1.807) is 32.6 Å². The van der Waals surface area contributed by atoms with Gasteiger partial charge in [0.1, 0.15) is 17.7 Å². The summed E-state index contributed by atoms with van der Waals surface area (Å²) >= 11 is 0. The van der Waals surface area contributed by atoms with Crippen LogP contribution in [-0.2, 0) is 25.5 Å². The molecule has 0 spiro atoms. The first-order valence-electron chi connectivity index (χ1n) is 14.4. The van der Waals surface area contributed by atoms with Gasteiger partial charge in [0.15, 0.2) is 5.78 Å². The molecule has 3 amide bonds. The number of Topliss-reactive ketones (excluding diaryl/α,β-unsaturated/α-hetero) is 1. The van der Waals surface area contributed by atoms with Crippen molar-refractivity contribution in [2.45, 2.75) is 116 Å². The molecule has 3 rings (SSSR count). The predicted molar refractivity (Wildman–Crippen MR) is 155 cm³/mol. The fraction of sp³-hybridized carbons (Fsp3) is 0.677. The monoisotopic (exact) mass is 556 g/mol. The van der Waals surface area contributed by atoms with Crippen molar-refractivity contribution in [3.05, 3.63) is 35.4 Å². The molecule has 1 aromatic carbocycles. The molecule has 9 heteroatoms. The number of nitrogens with zero attached hydrogens (tertiary/aromatic N) is 2. The third-order valence-electron chi connectivity index (χ3n) is 7.97. The van der Waals surface area contributed by atoms with Crippen molar-refractivity contribution in [3.63, 3.8) is 0 Å². The van der Waals surface area contributed by atoms with Crippen LogP contribution in [0.15, 0.2) is 24.3 Å². The van der Waals surface area contributed by atoms with Crippen LogP contribution in [0.25, 0.3) is 0 Å². The Morgan fingerprint density at radius 2 is 1.77 bits per heavy atom. The van der Waals surface area contributed by atoms with E-state index in [0.717, 1.165) is 19.3 Å². The number of carbonyl (C=O) groups is 4. The molecular weight excluding hydrogens is 508 g/mol. The Morgan fingerprint density at radius 3 is 2.40 bits per heavy atom. The Labute approximate surface area is 239 Å². The Morgan fingerprint density at radius 1 is 1.12 bits per heavy atom. The smallest absolute Gasteiger partial charge is 0.410 e. The standard InChI is InChI=1S/C31H48N4O5/c1-19(34(8)29(39)40-31(5,6)7)27(37)33-26(30(2,3)4)28(38)35-18-22(32)17-24(35)25(36)16-21-14-11-13-20-12-9-10-15-23(20)21/h9-10,12,15,19,21-22,24,26H,11,13-14,16-18,32H2,1-8H3,(H,33,37)/t19-,21-,22-,24-,26+/m0/s1. The van der Waals surface area contributed by atoms with Crippen molar-refractivity contribution in [2.75, 3.05) is 13.6 Å². The fourth-order valence-corrected chi connectivity index (χ4v) is 5.61. The molecule has 0 saturated carbocycles. The second kappa shape index (κ2) is 12.3. The van der Waals surface area contributed by atoms with Crippen LogP contribution < -0.4 is 11.1 Å². The fourth-order valence-electron chi connectivity index (χ4n) is 5.61. The number of nitrogens with two attached hydrogens (primary N) is 1. The number of fused-ring (bicyclic) bond motifs is 1. The van der Waals surface area contributed by atoms with E-state index in [9.17, 15) is 19.2 Å². The molecule has 0 unspecified atom stereocenters. The van der Waals surface area contributed by atoms with E-state index in [-0.39, 0.29) is 30.2 Å². The third kappa shape index (κ3) is 7.62. The van der Waals surface area contributed by atoms with Crippen LogP contribution in [0.1, 0.15) is 91.2 Å². The Hall–Kier alpha value is -2.94. The lowest BCUT2D eigenvalue weighted by molar-refractivity contribution is -0.144. The molecule has 0 radical (unpaired) electrons. The molecule has 1 aliphatic heterocycles. The first-order valence-corrected chi connectivity index (χ1v) is 14.4. The molecule has 1 aromatic rings. The summed E-state index contributed by atoms with van der Waals surface area (Å²) in [7, 11) is 1.49. The number of nitrogens with one attached hydrogen (secondary N) is 1. The van der Waals surface area contributed by atoms with E-state index < -0.39 is 41.1 Å². The third-order valence-corrected chi connectivity index (χ3v) is 7.97. The zero-order chi connectivity index (χ0) is 30.0. The van der Waals surface area contributed by atoms with Crippen molar-refractivity contribution in [1.29, 1.82) is 0 Å². The molecule has 1 aliphatic carbocycles. The van der Waals surface area contributed by atoms with Gasteiger partial charge in [0.05, 0.1) is 6.04 Å². The lowest BCUT2D eigenvalue weighted by Crippen LogP contribution is -2.59. The van der Waals surface area contributed by atoms with Crippen LogP contribution in [0, 0.1) is 5.41 Å². The van der Waals surface area contributed by atoms with Crippen LogP contribution in [-0.4, -0.2) is 76.9 Å². The molecule has 0 aromatic heterocycles. The van der Waals surface area contributed by atoms with Gasteiger partial charge in [-0.05, 0) is 75.8 Å². The zero-order valence-corrected chi connectivity index (χ0v) is 25.5. The summed E-state index contributed by atoms with van der Waals surface area (Å²) in [6.07, 6.45) is 3.14. The number of ketones is 1. The number of likely N-dealkylation sites (N-methyl/N-ethyl adjacent to an activating group) is 1. The number of likely N-dealkylation sites (tertiary alicyclic amines) is 1. The highest BCUT2D eigenvalue weighted by atomic mass is 16.6. The van der Waals surface area contributed by atoms with Crippen molar-refractivity contribution in [1.82, 2.24) is 15.1 Å². The summed E-state index contributed by atoms with van der Waals surface area (Å²) in [5, 5.41) is 2.87. The Bertz CT molecular complexity index is 1110. The minimum atomic E-state index is -0.912. The minimum Gasteiger partial charge on any atom is -0.444 e. The van der Waals surface area contributed by atoms with Crippen molar-refractivity contribution in [2.24, 2.45) is 11.1 Å². The molecule has 1 saturated heterocycles. The highest BCUT2D eigenvalue weighted by Gasteiger charge is 2.45. The molecule has 5 atom stereocenters. The summed E-state index contributed by atoms with van der Waals surface area (Å²) in [4.78, 5) is 56.2. The number of ether oxygens (including phenoxy) is 1. The SMILES string of the molecule is C[C@@H](C(=O)N[C@H](C(=O)N1C[C@@H](N)C[C@H]1C(=O)C[C@@H]1CCCc2ccccc21)C(C)(C)C)N(C)C(=O)OC(C)(C)C. The number of benzene rings is 1. The van der Waals surface area contributed by atoms with Crippen LogP contribution >= 0.6 is 0 Å². The molecule has 222 valence electrons. The van der Waals surface area contributed by atoms with Crippen molar-refractivity contribution < 1.29 is 23.9 Å². The first kappa shape index (κ1) is 31.6. The van der Waals surface area contributed by atoms with Crippen LogP contribution in [0.5, 0.6) is 0 Å². The average molecular weight is 557 g/mol. The summed E-state index contributed by atoms with van der Waals surface area (Å²) in [5.74, 6) is -0.663. The van der Waals surface area contributed by atoms with Crippen LogP contribution in [0.3, 0.4) is 0 Å². The van der Waals surface area contributed by atoms with E-state index in [4.69, 9.17) is 10.5 Å². The summed E-state index contributed by atoms with van der Waals surface area (Å²) in [6, 6.07) is 5.56. The maximum absolute atomic E-state index is 14.0. The first-order chi connectivity index (χ1) is 18.5. The number of hydrogen-bond acceptors (Lipinski definition) is 6. The topological polar surface area (TPSA) is 122 Å². The summed E-state index contributed by atoms with van der Waals surface area (Å²) in [6.45, 7) is 12.7. The van der Waals surface area contributed by atoms with Gasteiger partial charge in [-0.3, -0.25) is 19.3 Å². The maximum atomic E-state index is 14.0. The van der Waals surface area contributed by atoms with Crippen molar-refractivity contribution in [3.8, 4) is 0 Å². The van der Waals surface area contributed by atoms with Crippen LogP contribution in [0.4, 0.5) is 4.79 Å². The minimum absolute atomic E-state index is 0.0139. The van der Waals surface area contributed by atoms with E-state index in [2.05, 4.69) is 17.4 Å². The second-order valence-corrected chi connectivity index (χ2v) is 13.5. The largest absolute Gasteiger partial charge is 0.444 e. The Kier molecular flexibility index (Phi) is 9.70. The quantitative estimate of drug-likeness (QED) is 0.527. The normalized spacial score (nSPS) is 22.6. The van der Waals surface area contributed by atoms with Gasteiger partial charge in [-0.15, -0.1) is 0 Å². The van der Waals surface area contributed by atoms with E-state index in [1.807, 2.05) is 32.9 Å². The molecule has 1 fully saturated rings. The van der Waals surface area contributed by atoms with Gasteiger partial charge < -0.3 is 20.7 Å². The lowest BCUT2D eigenvalue weighted by Gasteiger charge is -2.37. The molecule has 1 heterocycles. The second-order valence-electron chi connectivity index (χ2n) is 13.5. The number of aryl methyl sites for hydroxylation is 1. The van der Waals surface area contributed by atoms with E-state index in [1.165, 1.54) is 23.1 Å². The highest BCUT2D eigenvalue weighted by molar-refractivity contribution is 5.95. The highest BCUT2D eigenvalue weighted by Crippen LogP contribution is 2.35. The molecule has 40 heavy (non-hydrogen) atoms. The molecule has 0 bridgehead atoms. The van der Waals surface area contributed by atoms with Gasteiger partial charge in [-0.2, -0.15) is 0 Å². The summed E-state index contributed by atoms with van der Waals surface area (Å²) in [5.41, 5.74) is 7.45. The molecule has 2 aliphatic rings. The van der Waals surface area contributed by atoms with Crippen molar-refractivity contribution >= 4 is 23.7 Å². The Balaban J connectivity index is 1.75. The number of rotatable bonds is 7. The molecule has 9 nitrogen and oxygen atoms in total. The maximum Gasteiger partial charge on any atom is 0.410 e. The van der Waals surface area contributed by atoms with Gasteiger partial charge in [0.25, 0.3) is 0 Å². The number of amides is 3. The average Bonchev–Trinajstić information content (AvgIpc) is 3.26. The molecule has 3 N–H and O–H groups in total. The summed E-state index contributed by atoms with van der Waals surface area (Å²) < 4.78 is 5.39. The van der Waals surface area contributed by atoms with Gasteiger partial charge in [0, 0.05) is 26.1 Å². The van der Waals surface area contributed by atoms with Gasteiger partial charge in [-0.25, -0.2) is 4.79 Å². The van der Waals surface area contributed by atoms with E-state index >= 15 is 0 Å². The van der Waals surface area contributed by atoms with E-state index in [0.29, 0.717) is 12.8 Å². The van der Waals surface area contributed by atoms with Gasteiger partial charge in [0.2, 0.25) is 11.8 Å². The lowest BCUT2D eigenvalue weighted by atomic mass is 9.79. The zero-order valence-electron chi connectivity index (χ0n) is 25.5. The van der Waals surface area contributed by atoms with Crippen LogP contribution in [0.2, 0.25) is 0 Å². The van der Waals surface area contributed by atoms with Gasteiger partial charge in [-0.1, -0.05) is 45.0 Å². The van der Waals surface area contributed by atoms with Gasteiger partial charge >= 0.3 is 6.09 Å². The predicted octanol–water partition coefficient (Wildman–Crippen LogP) is 3.78.